The van der Waals surface area contributed by atoms with E-state index in [1.807, 2.05) is 0 Å². The van der Waals surface area contributed by atoms with Crippen molar-refractivity contribution >= 4 is 28.8 Å². The number of nitrogens with one attached hydrogen (secondary N) is 1. The first-order valence-corrected chi connectivity index (χ1v) is 8.44. The molecule has 0 saturated heterocycles. The molecule has 0 spiro atoms. The summed E-state index contributed by atoms with van der Waals surface area (Å²) in [4.78, 5) is 6.02. The van der Waals surface area contributed by atoms with Gasteiger partial charge in [0.1, 0.15) is 11.6 Å². The molecule has 4 nitrogen and oxygen atoms in total. The van der Waals surface area contributed by atoms with Gasteiger partial charge in [-0.05, 0) is 43.9 Å². The maximum Gasteiger partial charge on any atom is 0.150 e. The fourth-order valence-electron chi connectivity index (χ4n) is 2.84. The molecule has 6 heteroatoms. The third kappa shape index (κ3) is 3.26. The Kier molecular flexibility index (Phi) is 4.54. The van der Waals surface area contributed by atoms with E-state index in [0.29, 0.717) is 45.3 Å². The number of nitrogens with zero attached hydrogens (tertiary/aromatic N) is 2. The Hall–Kier alpha value is -2.01. The fraction of sp³-hybridized carbons (Fsp3) is 0.389. The van der Waals surface area contributed by atoms with Crippen LogP contribution in [-0.2, 0) is 0 Å². The van der Waals surface area contributed by atoms with Gasteiger partial charge in [0, 0.05) is 37.5 Å². The molecule has 1 heterocycles. The Labute approximate surface area is 146 Å². The average Bonchev–Trinajstić information content (AvgIpc) is 3.36. The predicted octanol–water partition coefficient (Wildman–Crippen LogP) is 4.40. The third-order valence-corrected chi connectivity index (χ3v) is 4.80. The Bertz CT molecular complexity index is 759. The first-order chi connectivity index (χ1) is 11.4. The molecule has 1 aromatic carbocycles. The number of pyridine rings is 1. The van der Waals surface area contributed by atoms with Gasteiger partial charge in [-0.1, -0.05) is 11.6 Å². The van der Waals surface area contributed by atoms with Crippen molar-refractivity contribution in [2.24, 2.45) is 5.92 Å². The number of aromatic nitrogens is 1. The minimum atomic E-state index is -0.337. The lowest BCUT2D eigenvalue weighted by molar-refractivity contribution is 0.626. The summed E-state index contributed by atoms with van der Waals surface area (Å²) in [7, 11) is 3.55. The Morgan fingerprint density at radius 1 is 1.33 bits per heavy atom. The van der Waals surface area contributed by atoms with Crippen LogP contribution in [-0.4, -0.2) is 25.1 Å². The van der Waals surface area contributed by atoms with Crippen LogP contribution in [0.25, 0.3) is 11.1 Å². The Morgan fingerprint density at radius 2 is 2.04 bits per heavy atom. The molecule has 3 N–H and O–H groups in total. The monoisotopic (exact) mass is 348 g/mol. The van der Waals surface area contributed by atoms with Gasteiger partial charge in [0.2, 0.25) is 0 Å². The van der Waals surface area contributed by atoms with Gasteiger partial charge in [0.25, 0.3) is 0 Å². The molecule has 1 aliphatic carbocycles. The largest absolute Gasteiger partial charge is 0.395 e. The van der Waals surface area contributed by atoms with Crippen molar-refractivity contribution in [2.45, 2.75) is 25.8 Å². The normalized spacial score (nSPS) is 15.2. The highest BCUT2D eigenvalue weighted by Crippen LogP contribution is 2.39. The van der Waals surface area contributed by atoms with Gasteiger partial charge in [-0.15, -0.1) is 0 Å². The van der Waals surface area contributed by atoms with Crippen molar-refractivity contribution in [3.63, 3.8) is 0 Å². The maximum atomic E-state index is 14.4. The topological polar surface area (TPSA) is 54.2 Å². The van der Waals surface area contributed by atoms with Crippen LogP contribution in [0.4, 0.5) is 21.6 Å². The summed E-state index contributed by atoms with van der Waals surface area (Å²) < 4.78 is 14.4. The van der Waals surface area contributed by atoms with Gasteiger partial charge in [0.05, 0.1) is 16.4 Å². The number of halogens is 2. The summed E-state index contributed by atoms with van der Waals surface area (Å²) in [6.45, 7) is 2.13. The van der Waals surface area contributed by atoms with Gasteiger partial charge < -0.3 is 16.0 Å². The number of anilines is 3. The van der Waals surface area contributed by atoms with Crippen molar-refractivity contribution in [3.8, 4) is 11.1 Å². The average molecular weight is 349 g/mol. The number of benzene rings is 1. The summed E-state index contributed by atoms with van der Waals surface area (Å²) >= 11 is 6.38. The molecule has 1 unspecified atom stereocenters. The van der Waals surface area contributed by atoms with Crippen LogP contribution in [0.2, 0.25) is 5.02 Å². The van der Waals surface area contributed by atoms with Gasteiger partial charge in [-0.2, -0.15) is 0 Å². The molecular weight excluding hydrogens is 327 g/mol. The lowest BCUT2D eigenvalue weighted by Crippen LogP contribution is -2.19. The van der Waals surface area contributed by atoms with Crippen LogP contribution in [0.5, 0.6) is 0 Å². The van der Waals surface area contributed by atoms with E-state index in [1.54, 1.807) is 37.3 Å². The SMILES string of the molecule is CC(Nc1nccc(-c2cc(F)c(N(C)C)cc2Cl)c1N)C1CC1. The van der Waals surface area contributed by atoms with Crippen LogP contribution in [0.1, 0.15) is 19.8 Å². The molecule has 1 aliphatic rings. The molecule has 1 atom stereocenters. The summed E-state index contributed by atoms with van der Waals surface area (Å²) in [6, 6.07) is 5.13. The number of hydrogen-bond acceptors (Lipinski definition) is 4. The molecule has 0 amide bonds. The van der Waals surface area contributed by atoms with Gasteiger partial charge >= 0.3 is 0 Å². The zero-order chi connectivity index (χ0) is 17.4. The molecule has 24 heavy (non-hydrogen) atoms. The van der Waals surface area contributed by atoms with E-state index >= 15 is 0 Å². The molecule has 1 fully saturated rings. The molecule has 3 rings (SSSR count). The highest BCUT2D eigenvalue weighted by atomic mass is 35.5. The summed E-state index contributed by atoms with van der Waals surface area (Å²) in [5.74, 6) is 0.965. The van der Waals surface area contributed by atoms with Crippen LogP contribution in [0.3, 0.4) is 0 Å². The van der Waals surface area contributed by atoms with Crippen molar-refractivity contribution in [2.75, 3.05) is 30.0 Å². The van der Waals surface area contributed by atoms with E-state index in [0.717, 1.165) is 0 Å². The highest BCUT2D eigenvalue weighted by Gasteiger charge is 2.28. The quantitative estimate of drug-likeness (QED) is 0.840. The first kappa shape index (κ1) is 16.8. The van der Waals surface area contributed by atoms with Crippen molar-refractivity contribution < 1.29 is 4.39 Å². The number of nitrogens with two attached hydrogens (primary N) is 1. The summed E-state index contributed by atoms with van der Waals surface area (Å²) in [5, 5.41) is 3.82. The van der Waals surface area contributed by atoms with Crippen LogP contribution in [0, 0.1) is 11.7 Å². The number of hydrogen-bond donors (Lipinski definition) is 2. The summed E-state index contributed by atoms with van der Waals surface area (Å²) in [5.41, 5.74) is 8.47. The van der Waals surface area contributed by atoms with Crippen molar-refractivity contribution in [3.05, 3.63) is 35.2 Å². The fourth-order valence-corrected chi connectivity index (χ4v) is 3.10. The van der Waals surface area contributed by atoms with E-state index in [-0.39, 0.29) is 5.82 Å². The second kappa shape index (κ2) is 6.48. The Balaban J connectivity index is 1.99. The Morgan fingerprint density at radius 3 is 2.67 bits per heavy atom. The van der Waals surface area contributed by atoms with Crippen LogP contribution < -0.4 is 16.0 Å². The third-order valence-electron chi connectivity index (χ3n) is 4.49. The van der Waals surface area contributed by atoms with E-state index < -0.39 is 0 Å². The summed E-state index contributed by atoms with van der Waals surface area (Å²) in [6.07, 6.45) is 4.13. The first-order valence-electron chi connectivity index (χ1n) is 8.06. The molecule has 0 bridgehead atoms. The second-order valence-corrected chi connectivity index (χ2v) is 6.98. The van der Waals surface area contributed by atoms with E-state index in [1.165, 1.54) is 18.9 Å². The predicted molar refractivity (Wildman–Crippen MR) is 99.2 cm³/mol. The molecule has 1 aromatic heterocycles. The molecule has 1 saturated carbocycles. The zero-order valence-electron chi connectivity index (χ0n) is 14.1. The molecule has 2 aromatic rings. The minimum Gasteiger partial charge on any atom is -0.395 e. The number of nitrogen functional groups attached to an aromatic ring is 1. The van der Waals surface area contributed by atoms with Crippen LogP contribution >= 0.6 is 11.6 Å². The minimum absolute atomic E-state index is 0.318. The lowest BCUT2D eigenvalue weighted by atomic mass is 10.0. The van der Waals surface area contributed by atoms with E-state index in [9.17, 15) is 4.39 Å². The van der Waals surface area contributed by atoms with Crippen molar-refractivity contribution in [1.29, 1.82) is 0 Å². The molecule has 0 radical (unpaired) electrons. The van der Waals surface area contributed by atoms with E-state index in [2.05, 4.69) is 17.2 Å². The van der Waals surface area contributed by atoms with Gasteiger partial charge in [-0.3, -0.25) is 0 Å². The molecular formula is C18H22ClFN4. The smallest absolute Gasteiger partial charge is 0.150 e. The van der Waals surface area contributed by atoms with Gasteiger partial charge in [-0.25, -0.2) is 9.37 Å². The highest BCUT2D eigenvalue weighted by molar-refractivity contribution is 6.33. The van der Waals surface area contributed by atoms with Crippen LogP contribution in [0.15, 0.2) is 24.4 Å². The van der Waals surface area contributed by atoms with Crippen molar-refractivity contribution in [1.82, 2.24) is 4.98 Å². The maximum absolute atomic E-state index is 14.4. The van der Waals surface area contributed by atoms with Gasteiger partial charge in [0.15, 0.2) is 0 Å². The van der Waals surface area contributed by atoms with E-state index in [4.69, 9.17) is 17.3 Å². The lowest BCUT2D eigenvalue weighted by Gasteiger charge is -2.19. The molecule has 128 valence electrons. The number of rotatable bonds is 5. The second-order valence-electron chi connectivity index (χ2n) is 6.57. The molecule has 0 aliphatic heterocycles. The zero-order valence-corrected chi connectivity index (χ0v) is 14.9. The standard InChI is InChI=1S/C18H22ClFN4/c1-10(11-4-5-11)23-18-17(21)12(6-7-22-18)13-8-15(20)16(24(2)3)9-14(13)19/h6-11H,4-5,21H2,1-3H3,(H,22,23).